The molecule has 12 nitrogen and oxygen atoms in total. The van der Waals surface area contributed by atoms with Crippen LogP contribution in [0.3, 0.4) is 0 Å². The predicted molar refractivity (Wildman–Crippen MR) is 207 cm³/mol. The van der Waals surface area contributed by atoms with Gasteiger partial charge < -0.3 is 34.3 Å². The maximum Gasteiger partial charge on any atom is 0.397 e. The summed E-state index contributed by atoms with van der Waals surface area (Å²) in [5, 5.41) is 30.6. The summed E-state index contributed by atoms with van der Waals surface area (Å²) in [6, 6.07) is 0. The van der Waals surface area contributed by atoms with Crippen molar-refractivity contribution in [3.8, 4) is 0 Å². The van der Waals surface area contributed by atoms with Crippen molar-refractivity contribution in [3.63, 3.8) is 0 Å². The summed E-state index contributed by atoms with van der Waals surface area (Å²) in [4.78, 5) is 12.8. The van der Waals surface area contributed by atoms with Crippen LogP contribution in [-0.4, -0.2) is 97.5 Å². The first-order chi connectivity index (χ1) is 25.6. The highest BCUT2D eigenvalue weighted by Gasteiger charge is 2.48. The van der Waals surface area contributed by atoms with Gasteiger partial charge >= 0.3 is 16.4 Å². The van der Waals surface area contributed by atoms with Crippen molar-refractivity contribution in [2.24, 2.45) is 0 Å². The number of hydrogen-bond acceptors (Lipinski definition) is 11. The Bertz CT molecular complexity index is 952. The topological polar surface area (TPSA) is 178 Å². The quantitative estimate of drug-likeness (QED) is 0.0271. The van der Waals surface area contributed by atoms with Crippen LogP contribution in [0, 0.1) is 0 Å². The molecule has 1 fully saturated rings. The van der Waals surface area contributed by atoms with Gasteiger partial charge in [-0.25, -0.2) is 4.18 Å². The van der Waals surface area contributed by atoms with Crippen molar-refractivity contribution in [1.29, 1.82) is 0 Å². The molecule has 4 N–H and O–H groups in total. The van der Waals surface area contributed by atoms with Gasteiger partial charge in [-0.1, -0.05) is 168 Å². The number of aliphatic hydroxyl groups is 3. The molecule has 1 saturated heterocycles. The molecule has 53 heavy (non-hydrogen) atoms. The molecule has 316 valence electrons. The van der Waals surface area contributed by atoms with E-state index in [-0.39, 0.29) is 19.6 Å². The van der Waals surface area contributed by atoms with Crippen LogP contribution in [0.4, 0.5) is 0 Å². The summed E-state index contributed by atoms with van der Waals surface area (Å²) in [7, 11) is -5.05. The van der Waals surface area contributed by atoms with Crippen LogP contribution < -0.4 is 0 Å². The Kier molecular flexibility index (Phi) is 31.5. The predicted octanol–water partition coefficient (Wildman–Crippen LogP) is 8.13. The molecule has 0 aromatic carbocycles. The summed E-state index contributed by atoms with van der Waals surface area (Å²) in [6.07, 6.45) is 22.8. The zero-order chi connectivity index (χ0) is 39.0. The molecule has 1 heterocycles. The SMILES string of the molecule is CCCCCCCCCCCCCCCCOCC(COC1OC(CO)C(O)C(OS(=O)(=O)O)C1O)OC(=O)CCCCCCCCCCCCCC. The molecule has 6 atom stereocenters. The summed E-state index contributed by atoms with van der Waals surface area (Å²) < 4.78 is 58.9. The molecule has 0 saturated carbocycles. The van der Waals surface area contributed by atoms with E-state index in [1.807, 2.05) is 0 Å². The molecule has 1 aliphatic heterocycles. The molecule has 1 rings (SSSR count). The van der Waals surface area contributed by atoms with E-state index in [1.54, 1.807) is 0 Å². The van der Waals surface area contributed by atoms with Crippen LogP contribution in [0.5, 0.6) is 0 Å². The first kappa shape index (κ1) is 50.1. The van der Waals surface area contributed by atoms with E-state index in [9.17, 15) is 28.5 Å². The summed E-state index contributed by atoms with van der Waals surface area (Å²) in [6.45, 7) is 4.00. The van der Waals surface area contributed by atoms with Crippen LogP contribution in [0.2, 0.25) is 0 Å². The number of aliphatic hydroxyl groups excluding tert-OH is 3. The van der Waals surface area contributed by atoms with Gasteiger partial charge in [0.2, 0.25) is 0 Å². The Morgan fingerprint density at radius 2 is 1.08 bits per heavy atom. The second-order valence-corrected chi connectivity index (χ2v) is 16.0. The second-order valence-electron chi connectivity index (χ2n) is 15.0. The highest BCUT2D eigenvalue weighted by molar-refractivity contribution is 7.80. The molecule has 0 aromatic heterocycles. The third kappa shape index (κ3) is 27.4. The zero-order valence-corrected chi connectivity index (χ0v) is 34.2. The third-order valence-electron chi connectivity index (χ3n) is 9.98. The van der Waals surface area contributed by atoms with Gasteiger partial charge in [0.25, 0.3) is 0 Å². The molecule has 1 aliphatic rings. The normalized spacial score (nSPS) is 21.2. The van der Waals surface area contributed by atoms with E-state index >= 15 is 0 Å². The Labute approximate surface area is 322 Å². The highest BCUT2D eigenvalue weighted by atomic mass is 32.3. The molecule has 13 heteroatoms. The van der Waals surface area contributed by atoms with E-state index in [4.69, 9.17) is 23.5 Å². The minimum Gasteiger partial charge on any atom is -0.457 e. The molecule has 0 amide bonds. The first-order valence-corrected chi connectivity index (χ1v) is 22.7. The zero-order valence-electron chi connectivity index (χ0n) is 33.3. The second kappa shape index (κ2) is 33.3. The third-order valence-corrected chi connectivity index (χ3v) is 10.4. The van der Waals surface area contributed by atoms with E-state index in [2.05, 4.69) is 18.0 Å². The number of carbonyl (C=O) groups is 1. The highest BCUT2D eigenvalue weighted by Crippen LogP contribution is 2.26. The minimum atomic E-state index is -5.05. The van der Waals surface area contributed by atoms with Crippen LogP contribution in [0.25, 0.3) is 0 Å². The van der Waals surface area contributed by atoms with Gasteiger partial charge in [0.05, 0.1) is 19.8 Å². The maximum absolute atomic E-state index is 12.8. The van der Waals surface area contributed by atoms with Crippen molar-refractivity contribution in [1.82, 2.24) is 0 Å². The van der Waals surface area contributed by atoms with Gasteiger partial charge in [0.1, 0.15) is 30.5 Å². The van der Waals surface area contributed by atoms with Crippen LogP contribution in [-0.2, 0) is 38.3 Å². The fraction of sp³-hybridized carbons (Fsp3) is 0.975. The number of ether oxygens (including phenoxy) is 4. The van der Waals surface area contributed by atoms with Gasteiger partial charge in [-0.15, -0.1) is 0 Å². The smallest absolute Gasteiger partial charge is 0.397 e. The average molecular weight is 783 g/mol. The molecule has 0 aliphatic carbocycles. The van der Waals surface area contributed by atoms with Gasteiger partial charge in [-0.3, -0.25) is 9.35 Å². The fourth-order valence-electron chi connectivity index (χ4n) is 6.73. The Morgan fingerprint density at radius 1 is 0.642 bits per heavy atom. The first-order valence-electron chi connectivity index (χ1n) is 21.3. The Balaban J connectivity index is 2.45. The molecule has 0 radical (unpaired) electrons. The lowest BCUT2D eigenvalue weighted by atomic mass is 9.99. The van der Waals surface area contributed by atoms with E-state index < -0.39 is 59.8 Å². The Hall–Kier alpha value is -0.900. The van der Waals surface area contributed by atoms with Crippen molar-refractivity contribution in [3.05, 3.63) is 0 Å². The van der Waals surface area contributed by atoms with Crippen LogP contribution in [0.15, 0.2) is 0 Å². The Morgan fingerprint density at radius 3 is 1.51 bits per heavy atom. The lowest BCUT2D eigenvalue weighted by Crippen LogP contribution is -2.60. The van der Waals surface area contributed by atoms with Gasteiger partial charge in [0, 0.05) is 13.0 Å². The van der Waals surface area contributed by atoms with Gasteiger partial charge in [-0.2, -0.15) is 8.42 Å². The summed E-state index contributed by atoms with van der Waals surface area (Å²) in [5.41, 5.74) is 0. The summed E-state index contributed by atoms with van der Waals surface area (Å²) >= 11 is 0. The lowest BCUT2D eigenvalue weighted by Gasteiger charge is -2.41. The molecule has 0 bridgehead atoms. The maximum atomic E-state index is 12.8. The fourth-order valence-corrected chi connectivity index (χ4v) is 7.24. The largest absolute Gasteiger partial charge is 0.457 e. The number of esters is 1. The van der Waals surface area contributed by atoms with Crippen molar-refractivity contribution in [2.75, 3.05) is 26.4 Å². The molecule has 6 unspecified atom stereocenters. The van der Waals surface area contributed by atoms with Gasteiger partial charge in [-0.05, 0) is 12.8 Å². The van der Waals surface area contributed by atoms with Crippen molar-refractivity contribution < 1.29 is 56.2 Å². The van der Waals surface area contributed by atoms with Crippen molar-refractivity contribution in [2.45, 2.75) is 224 Å². The van der Waals surface area contributed by atoms with E-state index in [1.165, 1.54) is 122 Å². The van der Waals surface area contributed by atoms with E-state index in [0.717, 1.165) is 38.5 Å². The number of hydrogen-bond donors (Lipinski definition) is 4. The molecular formula is C40H78O12S. The van der Waals surface area contributed by atoms with Crippen LogP contribution in [0.1, 0.15) is 187 Å². The average Bonchev–Trinajstić information content (AvgIpc) is 3.12. The van der Waals surface area contributed by atoms with Gasteiger partial charge in [0.15, 0.2) is 6.29 Å². The monoisotopic (exact) mass is 783 g/mol. The van der Waals surface area contributed by atoms with Crippen LogP contribution >= 0.6 is 0 Å². The number of rotatable bonds is 37. The van der Waals surface area contributed by atoms with E-state index in [0.29, 0.717) is 13.0 Å². The lowest BCUT2D eigenvalue weighted by molar-refractivity contribution is -0.301. The molecular weight excluding hydrogens is 704 g/mol. The minimum absolute atomic E-state index is 0.0441. The molecule has 0 spiro atoms. The van der Waals surface area contributed by atoms with Crippen molar-refractivity contribution >= 4 is 16.4 Å². The number of unbranched alkanes of at least 4 members (excludes halogenated alkanes) is 24. The summed E-state index contributed by atoms with van der Waals surface area (Å²) in [5.74, 6) is -0.396. The molecule has 0 aromatic rings. The standard InChI is InChI=1S/C40H78O12S/c1-3-5-7-9-11-13-15-17-18-20-22-24-26-28-30-48-32-34(50-36(42)29-27-25-23-21-19-16-14-12-10-8-6-4-2)33-49-40-38(44)39(52-53(45,46)47)37(43)35(31-41)51-40/h34-35,37-41,43-44H,3-33H2,1-2H3,(H,45,46,47). The number of carbonyl (C=O) groups excluding carboxylic acids is 1.